The van der Waals surface area contributed by atoms with Crippen LogP contribution in [0.3, 0.4) is 0 Å². The van der Waals surface area contributed by atoms with E-state index in [9.17, 15) is 13.2 Å². The Labute approximate surface area is 102 Å². The summed E-state index contributed by atoms with van der Waals surface area (Å²) in [4.78, 5) is 1.94. The van der Waals surface area contributed by atoms with Crippen LogP contribution >= 0.6 is 0 Å². The summed E-state index contributed by atoms with van der Waals surface area (Å²) in [5, 5.41) is 2.87. The molecule has 0 bridgehead atoms. The minimum atomic E-state index is -4.08. The Morgan fingerprint density at radius 1 is 1.35 bits per heavy atom. The number of nitrogens with one attached hydrogen (secondary N) is 1. The number of rotatable bonds is 4. The topological polar surface area (TPSA) is 15.3 Å². The Kier molecular flexibility index (Phi) is 5.73. The average molecular weight is 252 g/mol. The first-order valence-corrected chi connectivity index (χ1v) is 6.39. The largest absolute Gasteiger partial charge is 0.394 e. The van der Waals surface area contributed by atoms with E-state index >= 15 is 0 Å². The zero-order valence-electron chi connectivity index (χ0n) is 10.7. The lowest BCUT2D eigenvalue weighted by molar-refractivity contribution is -0.175. The molecule has 0 aliphatic carbocycles. The van der Waals surface area contributed by atoms with Gasteiger partial charge in [-0.1, -0.05) is 13.8 Å². The molecule has 102 valence electrons. The molecule has 17 heavy (non-hydrogen) atoms. The summed E-state index contributed by atoms with van der Waals surface area (Å²) in [7, 11) is 0. The Morgan fingerprint density at radius 3 is 2.65 bits per heavy atom. The van der Waals surface area contributed by atoms with Gasteiger partial charge in [-0.25, -0.2) is 0 Å². The first kappa shape index (κ1) is 14.8. The minimum absolute atomic E-state index is 0.0597. The Balaban J connectivity index is 2.38. The molecule has 1 saturated heterocycles. The lowest BCUT2D eigenvalue weighted by Gasteiger charge is -2.25. The molecular formula is C12H23F3N2. The Hall–Kier alpha value is -0.290. The standard InChI is InChI=1S/C12H23F3N2/c1-10(2)4-3-6-17-7-5-16-8-11(9-17)12(13,14)15/h10-11,16H,3-9H2,1-2H3. The molecular weight excluding hydrogens is 229 g/mol. The molecule has 2 nitrogen and oxygen atoms in total. The first-order valence-electron chi connectivity index (χ1n) is 6.39. The molecule has 0 aromatic heterocycles. The molecule has 1 aliphatic rings. The third-order valence-electron chi connectivity index (χ3n) is 3.19. The molecule has 0 spiro atoms. The maximum atomic E-state index is 12.7. The van der Waals surface area contributed by atoms with Gasteiger partial charge in [-0.15, -0.1) is 0 Å². The van der Waals surface area contributed by atoms with Crippen molar-refractivity contribution in [1.82, 2.24) is 10.2 Å². The number of nitrogens with zero attached hydrogens (tertiary/aromatic N) is 1. The zero-order valence-corrected chi connectivity index (χ0v) is 10.7. The summed E-state index contributed by atoms with van der Waals surface area (Å²) < 4.78 is 38.0. The van der Waals surface area contributed by atoms with Gasteiger partial charge >= 0.3 is 6.18 Å². The number of hydrogen-bond donors (Lipinski definition) is 1. The van der Waals surface area contributed by atoms with Gasteiger partial charge in [0, 0.05) is 26.2 Å². The van der Waals surface area contributed by atoms with Crippen molar-refractivity contribution in [3.8, 4) is 0 Å². The van der Waals surface area contributed by atoms with E-state index in [1.54, 1.807) is 0 Å². The molecule has 1 N–H and O–H groups in total. The average Bonchev–Trinajstić information content (AvgIpc) is 2.41. The smallest absolute Gasteiger partial charge is 0.315 e. The summed E-state index contributed by atoms with van der Waals surface area (Å²) in [6.07, 6.45) is -2.00. The minimum Gasteiger partial charge on any atom is -0.315 e. The van der Waals surface area contributed by atoms with Crippen molar-refractivity contribution < 1.29 is 13.2 Å². The van der Waals surface area contributed by atoms with Crippen LogP contribution in [-0.2, 0) is 0 Å². The van der Waals surface area contributed by atoms with Gasteiger partial charge in [0.15, 0.2) is 0 Å². The van der Waals surface area contributed by atoms with Crippen LogP contribution in [0.1, 0.15) is 26.7 Å². The lowest BCUT2D eigenvalue weighted by Crippen LogP contribution is -2.38. The van der Waals surface area contributed by atoms with Crippen molar-refractivity contribution in [3.63, 3.8) is 0 Å². The van der Waals surface area contributed by atoms with E-state index in [1.807, 2.05) is 4.90 Å². The van der Waals surface area contributed by atoms with E-state index in [0.717, 1.165) is 25.9 Å². The molecule has 0 aromatic carbocycles. The quantitative estimate of drug-likeness (QED) is 0.827. The molecule has 1 aliphatic heterocycles. The SMILES string of the molecule is CC(C)CCCN1CCNCC(C(F)(F)F)C1. The van der Waals surface area contributed by atoms with E-state index < -0.39 is 12.1 Å². The van der Waals surface area contributed by atoms with Gasteiger partial charge in [-0.3, -0.25) is 0 Å². The van der Waals surface area contributed by atoms with Gasteiger partial charge in [0.2, 0.25) is 0 Å². The number of halogens is 3. The van der Waals surface area contributed by atoms with E-state index in [0.29, 0.717) is 12.5 Å². The summed E-state index contributed by atoms with van der Waals surface area (Å²) in [6.45, 7) is 6.66. The molecule has 1 atom stereocenters. The van der Waals surface area contributed by atoms with E-state index in [4.69, 9.17) is 0 Å². The fourth-order valence-corrected chi connectivity index (χ4v) is 2.13. The summed E-state index contributed by atoms with van der Waals surface area (Å²) in [5.74, 6) is -0.595. The van der Waals surface area contributed by atoms with Crippen LogP contribution in [0.2, 0.25) is 0 Å². The number of alkyl halides is 3. The predicted octanol–water partition coefficient (Wildman–Crippen LogP) is 2.51. The van der Waals surface area contributed by atoms with Crippen LogP contribution in [-0.4, -0.2) is 43.8 Å². The van der Waals surface area contributed by atoms with Gasteiger partial charge in [-0.05, 0) is 25.3 Å². The third kappa shape index (κ3) is 5.73. The maximum Gasteiger partial charge on any atom is 0.394 e. The van der Waals surface area contributed by atoms with E-state index in [-0.39, 0.29) is 13.1 Å². The summed E-state index contributed by atoms with van der Waals surface area (Å²) in [6, 6.07) is 0. The summed E-state index contributed by atoms with van der Waals surface area (Å²) in [5.41, 5.74) is 0. The molecule has 0 amide bonds. The zero-order chi connectivity index (χ0) is 12.9. The molecule has 1 unspecified atom stereocenters. The fraction of sp³-hybridized carbons (Fsp3) is 1.00. The predicted molar refractivity (Wildman–Crippen MR) is 62.9 cm³/mol. The molecule has 0 radical (unpaired) electrons. The van der Waals surface area contributed by atoms with E-state index in [2.05, 4.69) is 19.2 Å². The highest BCUT2D eigenvalue weighted by atomic mass is 19.4. The van der Waals surface area contributed by atoms with Crippen molar-refractivity contribution in [2.75, 3.05) is 32.7 Å². The highest BCUT2D eigenvalue weighted by molar-refractivity contribution is 4.78. The summed E-state index contributed by atoms with van der Waals surface area (Å²) >= 11 is 0. The molecule has 0 saturated carbocycles. The molecule has 1 fully saturated rings. The normalized spacial score (nSPS) is 24.0. The van der Waals surface area contributed by atoms with Gasteiger partial charge in [-0.2, -0.15) is 13.2 Å². The molecule has 0 aromatic rings. The van der Waals surface area contributed by atoms with Crippen molar-refractivity contribution in [1.29, 1.82) is 0 Å². The van der Waals surface area contributed by atoms with Crippen LogP contribution in [0.15, 0.2) is 0 Å². The van der Waals surface area contributed by atoms with Crippen LogP contribution in [0, 0.1) is 11.8 Å². The Bertz CT molecular complexity index is 216. The second-order valence-electron chi connectivity index (χ2n) is 5.28. The van der Waals surface area contributed by atoms with Crippen LogP contribution in [0.5, 0.6) is 0 Å². The molecule has 5 heteroatoms. The van der Waals surface area contributed by atoms with Gasteiger partial charge in [0.25, 0.3) is 0 Å². The second kappa shape index (κ2) is 6.59. The Morgan fingerprint density at radius 2 is 2.06 bits per heavy atom. The van der Waals surface area contributed by atoms with Gasteiger partial charge < -0.3 is 10.2 Å². The molecule has 1 rings (SSSR count). The number of hydrogen-bond acceptors (Lipinski definition) is 2. The monoisotopic (exact) mass is 252 g/mol. The maximum absolute atomic E-state index is 12.7. The van der Waals surface area contributed by atoms with Crippen LogP contribution < -0.4 is 5.32 Å². The fourth-order valence-electron chi connectivity index (χ4n) is 2.13. The van der Waals surface area contributed by atoms with Crippen LogP contribution in [0.25, 0.3) is 0 Å². The third-order valence-corrected chi connectivity index (χ3v) is 3.19. The highest BCUT2D eigenvalue weighted by Crippen LogP contribution is 2.27. The van der Waals surface area contributed by atoms with Crippen LogP contribution in [0.4, 0.5) is 13.2 Å². The van der Waals surface area contributed by atoms with Crippen molar-refractivity contribution in [3.05, 3.63) is 0 Å². The van der Waals surface area contributed by atoms with Crippen molar-refractivity contribution in [2.45, 2.75) is 32.9 Å². The van der Waals surface area contributed by atoms with E-state index in [1.165, 1.54) is 0 Å². The van der Waals surface area contributed by atoms with Crippen molar-refractivity contribution in [2.24, 2.45) is 11.8 Å². The first-order chi connectivity index (χ1) is 7.89. The van der Waals surface area contributed by atoms with Crippen molar-refractivity contribution >= 4 is 0 Å². The highest BCUT2D eigenvalue weighted by Gasteiger charge is 2.40. The van der Waals surface area contributed by atoms with Gasteiger partial charge in [0.05, 0.1) is 5.92 Å². The van der Waals surface area contributed by atoms with Gasteiger partial charge in [0.1, 0.15) is 0 Å². The second-order valence-corrected chi connectivity index (χ2v) is 5.28. The molecule has 1 heterocycles. The lowest BCUT2D eigenvalue weighted by atomic mass is 10.1.